The van der Waals surface area contributed by atoms with Gasteiger partial charge in [0.1, 0.15) is 5.75 Å². The molecule has 0 aliphatic heterocycles. The molecule has 0 fully saturated rings. The average molecular weight is 418 g/mol. The fourth-order valence-electron chi connectivity index (χ4n) is 2.90. The molecule has 0 aliphatic carbocycles. The van der Waals surface area contributed by atoms with E-state index in [1.165, 1.54) is 0 Å². The van der Waals surface area contributed by atoms with Gasteiger partial charge in [0.05, 0.1) is 28.4 Å². The van der Waals surface area contributed by atoms with Crippen LogP contribution in [0.2, 0.25) is 0 Å². The van der Waals surface area contributed by atoms with E-state index in [1.54, 1.807) is 40.6 Å². The van der Waals surface area contributed by atoms with E-state index >= 15 is 0 Å². The van der Waals surface area contributed by atoms with Crippen LogP contribution in [0.4, 0.5) is 0 Å². The van der Waals surface area contributed by atoms with Gasteiger partial charge in [0.15, 0.2) is 29.6 Å². The highest BCUT2D eigenvalue weighted by molar-refractivity contribution is 5.77. The van der Waals surface area contributed by atoms with Crippen molar-refractivity contribution in [2.75, 3.05) is 41.6 Å². The molecule has 0 bridgehead atoms. The minimum Gasteiger partial charge on any atom is -0.496 e. The number of carbonyl (C=O) groups is 1. The summed E-state index contributed by atoms with van der Waals surface area (Å²) in [6.45, 7) is 3.54. The highest BCUT2D eigenvalue weighted by Gasteiger charge is 2.12. The van der Waals surface area contributed by atoms with Gasteiger partial charge in [-0.3, -0.25) is 4.79 Å². The van der Waals surface area contributed by atoms with E-state index in [9.17, 15) is 4.79 Å². The van der Waals surface area contributed by atoms with Crippen LogP contribution in [-0.4, -0.2) is 47.5 Å². The van der Waals surface area contributed by atoms with Gasteiger partial charge in [0, 0.05) is 31.3 Å². The molecule has 1 amide bonds. The highest BCUT2D eigenvalue weighted by Crippen LogP contribution is 2.34. The van der Waals surface area contributed by atoms with Crippen molar-refractivity contribution in [2.45, 2.75) is 20.0 Å². The lowest BCUT2D eigenvalue weighted by atomic mass is 10.1. The molecule has 164 valence electrons. The molecule has 0 aromatic heterocycles. The molecular weight excluding hydrogens is 388 g/mol. The average Bonchev–Trinajstić information content (AvgIpc) is 2.77. The van der Waals surface area contributed by atoms with E-state index < -0.39 is 0 Å². The molecule has 0 spiro atoms. The Hall–Kier alpha value is -3.13. The minimum absolute atomic E-state index is 0.0547. The van der Waals surface area contributed by atoms with E-state index in [4.69, 9.17) is 23.7 Å². The second-order valence-corrected chi connectivity index (χ2v) is 6.35. The molecule has 0 aliphatic rings. The van der Waals surface area contributed by atoms with Crippen LogP contribution in [-0.2, 0) is 17.9 Å². The van der Waals surface area contributed by atoms with E-state index in [0.717, 1.165) is 11.1 Å². The van der Waals surface area contributed by atoms with Crippen LogP contribution in [0.3, 0.4) is 0 Å². The van der Waals surface area contributed by atoms with Gasteiger partial charge in [-0.05, 0) is 30.7 Å². The standard InChI is InChI=1S/C22H30N2O6/c1-6-24-22(25)14-30-17-8-7-15(9-19(17)27-3)12-23-13-16-10-20(28-4)21(29-5)11-18(16)26-2/h7-11,23H,6,12-14H2,1-5H3,(H,24,25). The molecule has 0 saturated carbocycles. The van der Waals surface area contributed by atoms with Crippen molar-refractivity contribution in [1.82, 2.24) is 10.6 Å². The molecular formula is C22H30N2O6. The molecule has 2 N–H and O–H groups in total. The molecule has 0 unspecified atom stereocenters. The lowest BCUT2D eigenvalue weighted by molar-refractivity contribution is -0.123. The fraction of sp³-hybridized carbons (Fsp3) is 0.409. The highest BCUT2D eigenvalue weighted by atomic mass is 16.5. The summed E-state index contributed by atoms with van der Waals surface area (Å²) in [5, 5.41) is 6.07. The molecule has 8 nitrogen and oxygen atoms in total. The van der Waals surface area contributed by atoms with Gasteiger partial charge in [-0.15, -0.1) is 0 Å². The largest absolute Gasteiger partial charge is 0.496 e. The summed E-state index contributed by atoms with van der Waals surface area (Å²) in [5.41, 5.74) is 1.96. The Kier molecular flexibility index (Phi) is 9.08. The Balaban J connectivity index is 2.02. The second kappa shape index (κ2) is 11.8. The van der Waals surface area contributed by atoms with E-state index in [-0.39, 0.29) is 12.5 Å². The van der Waals surface area contributed by atoms with Crippen molar-refractivity contribution in [1.29, 1.82) is 0 Å². The Morgan fingerprint density at radius 3 is 2.07 bits per heavy atom. The van der Waals surface area contributed by atoms with Gasteiger partial charge < -0.3 is 34.3 Å². The lowest BCUT2D eigenvalue weighted by Crippen LogP contribution is -2.28. The van der Waals surface area contributed by atoms with Crippen LogP contribution in [0.1, 0.15) is 18.1 Å². The van der Waals surface area contributed by atoms with Gasteiger partial charge in [-0.25, -0.2) is 0 Å². The molecule has 30 heavy (non-hydrogen) atoms. The number of ether oxygens (including phenoxy) is 5. The molecule has 0 radical (unpaired) electrons. The maximum Gasteiger partial charge on any atom is 0.257 e. The van der Waals surface area contributed by atoms with Crippen LogP contribution in [0, 0.1) is 0 Å². The Morgan fingerprint density at radius 1 is 0.800 bits per heavy atom. The molecule has 2 aromatic rings. The van der Waals surface area contributed by atoms with Crippen molar-refractivity contribution in [2.24, 2.45) is 0 Å². The Morgan fingerprint density at radius 2 is 1.43 bits per heavy atom. The SMILES string of the molecule is CCNC(=O)COc1ccc(CNCc2cc(OC)c(OC)cc2OC)cc1OC. The zero-order valence-electron chi connectivity index (χ0n) is 18.2. The van der Waals surface area contributed by atoms with Gasteiger partial charge in [0.25, 0.3) is 5.91 Å². The van der Waals surface area contributed by atoms with Gasteiger partial charge in [-0.2, -0.15) is 0 Å². The third-order valence-electron chi connectivity index (χ3n) is 4.39. The number of benzene rings is 2. The summed E-state index contributed by atoms with van der Waals surface area (Å²) in [6, 6.07) is 9.30. The molecule has 0 atom stereocenters. The number of hydrogen-bond acceptors (Lipinski definition) is 7. The molecule has 0 saturated heterocycles. The van der Waals surface area contributed by atoms with E-state index in [0.29, 0.717) is 48.4 Å². The van der Waals surface area contributed by atoms with Gasteiger partial charge in [0.2, 0.25) is 0 Å². The normalized spacial score (nSPS) is 10.3. The smallest absolute Gasteiger partial charge is 0.257 e. The van der Waals surface area contributed by atoms with E-state index in [2.05, 4.69) is 10.6 Å². The van der Waals surface area contributed by atoms with Crippen molar-refractivity contribution < 1.29 is 28.5 Å². The summed E-state index contributed by atoms with van der Waals surface area (Å²) in [6.07, 6.45) is 0. The van der Waals surface area contributed by atoms with Crippen LogP contribution in [0.15, 0.2) is 30.3 Å². The summed E-state index contributed by atoms with van der Waals surface area (Å²) in [4.78, 5) is 11.6. The van der Waals surface area contributed by atoms with Gasteiger partial charge in [-0.1, -0.05) is 6.07 Å². The van der Waals surface area contributed by atoms with Crippen molar-refractivity contribution >= 4 is 5.91 Å². The lowest BCUT2D eigenvalue weighted by Gasteiger charge is -2.15. The van der Waals surface area contributed by atoms with Crippen LogP contribution >= 0.6 is 0 Å². The first-order valence-corrected chi connectivity index (χ1v) is 9.62. The van der Waals surface area contributed by atoms with Crippen molar-refractivity contribution in [3.63, 3.8) is 0 Å². The monoisotopic (exact) mass is 418 g/mol. The summed E-state index contributed by atoms with van der Waals surface area (Å²) in [7, 11) is 6.38. The summed E-state index contributed by atoms with van der Waals surface area (Å²) in [5.74, 6) is 2.90. The maximum atomic E-state index is 11.6. The topological polar surface area (TPSA) is 87.3 Å². The number of amides is 1. The number of hydrogen-bond donors (Lipinski definition) is 2. The Bertz CT molecular complexity index is 841. The first-order chi connectivity index (χ1) is 14.6. The molecule has 2 rings (SSSR count). The zero-order chi connectivity index (χ0) is 21.9. The molecule has 0 heterocycles. The van der Waals surface area contributed by atoms with Crippen molar-refractivity contribution in [3.8, 4) is 28.7 Å². The summed E-state index contributed by atoms with van der Waals surface area (Å²) >= 11 is 0. The summed E-state index contributed by atoms with van der Waals surface area (Å²) < 4.78 is 27.1. The van der Waals surface area contributed by atoms with Crippen LogP contribution < -0.4 is 34.3 Å². The molecule has 8 heteroatoms. The minimum atomic E-state index is -0.172. The number of methoxy groups -OCH3 is 4. The maximum absolute atomic E-state index is 11.6. The Labute approximate surface area is 177 Å². The first kappa shape index (κ1) is 23.2. The molecule has 2 aromatic carbocycles. The van der Waals surface area contributed by atoms with Crippen LogP contribution in [0.25, 0.3) is 0 Å². The van der Waals surface area contributed by atoms with Crippen molar-refractivity contribution in [3.05, 3.63) is 41.5 Å². The van der Waals surface area contributed by atoms with Gasteiger partial charge >= 0.3 is 0 Å². The predicted octanol–water partition coefficient (Wildman–Crippen LogP) is 2.53. The fourth-order valence-corrected chi connectivity index (χ4v) is 2.90. The van der Waals surface area contributed by atoms with E-state index in [1.807, 2.05) is 25.1 Å². The zero-order valence-corrected chi connectivity index (χ0v) is 18.2. The second-order valence-electron chi connectivity index (χ2n) is 6.35. The number of nitrogens with one attached hydrogen (secondary N) is 2. The third-order valence-corrected chi connectivity index (χ3v) is 4.39. The quantitative estimate of drug-likeness (QED) is 0.548. The number of rotatable bonds is 12. The third kappa shape index (κ3) is 6.18. The number of carbonyl (C=O) groups excluding carboxylic acids is 1. The predicted molar refractivity (Wildman–Crippen MR) is 114 cm³/mol. The first-order valence-electron chi connectivity index (χ1n) is 9.62. The number of likely N-dealkylation sites (N-methyl/N-ethyl adjacent to an activating group) is 1. The van der Waals surface area contributed by atoms with Crippen LogP contribution in [0.5, 0.6) is 28.7 Å².